The fourth-order valence-electron chi connectivity index (χ4n) is 2.06. The number of carboxylic acids is 1. The Morgan fingerprint density at radius 2 is 2.29 bits per heavy atom. The van der Waals surface area contributed by atoms with E-state index < -0.39 is 17.7 Å². The van der Waals surface area contributed by atoms with Crippen molar-refractivity contribution in [3.8, 4) is 0 Å². The quantitative estimate of drug-likeness (QED) is 0.820. The Kier molecular flexibility index (Phi) is 5.38. The van der Waals surface area contributed by atoms with Crippen LogP contribution in [0.2, 0.25) is 0 Å². The molecule has 0 aliphatic carbocycles. The van der Waals surface area contributed by atoms with E-state index in [1.165, 1.54) is 18.2 Å². The number of hydrogen-bond acceptors (Lipinski definition) is 3. The van der Waals surface area contributed by atoms with E-state index in [9.17, 15) is 14.0 Å². The lowest BCUT2D eigenvalue weighted by Gasteiger charge is -2.10. The van der Waals surface area contributed by atoms with Crippen molar-refractivity contribution in [2.24, 2.45) is 5.92 Å². The molecule has 1 unspecified atom stereocenters. The van der Waals surface area contributed by atoms with Gasteiger partial charge < -0.3 is 10.4 Å². The van der Waals surface area contributed by atoms with Crippen molar-refractivity contribution in [2.75, 3.05) is 18.1 Å². The van der Waals surface area contributed by atoms with E-state index in [2.05, 4.69) is 5.32 Å². The van der Waals surface area contributed by atoms with Gasteiger partial charge in [0, 0.05) is 12.6 Å². The molecule has 1 aliphatic heterocycles. The molecule has 0 bridgehead atoms. The van der Waals surface area contributed by atoms with Gasteiger partial charge in [-0.25, -0.2) is 9.18 Å². The highest BCUT2D eigenvalue weighted by molar-refractivity contribution is 7.99. The molecule has 112 valence electrons. The molecule has 21 heavy (non-hydrogen) atoms. The molecule has 1 aromatic carbocycles. The van der Waals surface area contributed by atoms with Crippen molar-refractivity contribution >= 4 is 29.7 Å². The smallest absolute Gasteiger partial charge is 0.328 e. The van der Waals surface area contributed by atoms with Crippen LogP contribution in [0.15, 0.2) is 24.3 Å². The summed E-state index contributed by atoms with van der Waals surface area (Å²) in [5.74, 6) is 0.409. The number of thioether (sulfide) groups is 1. The van der Waals surface area contributed by atoms with Gasteiger partial charge in [-0.05, 0) is 47.6 Å². The largest absolute Gasteiger partial charge is 0.478 e. The molecule has 1 amide bonds. The second-order valence-corrected chi connectivity index (χ2v) is 6.00. The summed E-state index contributed by atoms with van der Waals surface area (Å²) in [7, 11) is 0. The fraction of sp³-hybridized carbons (Fsp3) is 0.333. The average Bonchev–Trinajstić information content (AvgIpc) is 2.96. The Labute approximate surface area is 126 Å². The third-order valence-corrected chi connectivity index (χ3v) is 4.46. The lowest BCUT2D eigenvalue weighted by atomic mass is 10.1. The second kappa shape index (κ2) is 7.26. The molecular weight excluding hydrogens is 293 g/mol. The van der Waals surface area contributed by atoms with Crippen molar-refractivity contribution in [2.45, 2.75) is 6.42 Å². The van der Waals surface area contributed by atoms with Crippen LogP contribution in [0, 0.1) is 11.7 Å². The minimum absolute atomic E-state index is 0.0203. The topological polar surface area (TPSA) is 66.4 Å². The zero-order valence-electron chi connectivity index (χ0n) is 11.3. The highest BCUT2D eigenvalue weighted by Gasteiger charge is 2.18. The van der Waals surface area contributed by atoms with Gasteiger partial charge in [0.05, 0.1) is 5.56 Å². The second-order valence-electron chi connectivity index (χ2n) is 4.85. The van der Waals surface area contributed by atoms with Gasteiger partial charge >= 0.3 is 5.97 Å². The molecule has 1 aromatic rings. The summed E-state index contributed by atoms with van der Waals surface area (Å²) in [6, 6.07) is 4.04. The minimum atomic E-state index is -1.10. The van der Waals surface area contributed by atoms with E-state index in [1.807, 2.05) is 11.8 Å². The van der Waals surface area contributed by atoms with E-state index in [0.717, 1.165) is 30.1 Å². The van der Waals surface area contributed by atoms with E-state index in [-0.39, 0.29) is 5.56 Å². The van der Waals surface area contributed by atoms with Crippen LogP contribution in [0.1, 0.15) is 22.3 Å². The molecule has 0 radical (unpaired) electrons. The number of nitrogens with one attached hydrogen (secondary N) is 1. The number of carbonyl (C=O) groups is 2. The Morgan fingerprint density at radius 1 is 1.48 bits per heavy atom. The van der Waals surface area contributed by atoms with Crippen molar-refractivity contribution < 1.29 is 19.1 Å². The normalized spacial score (nSPS) is 18.0. The lowest BCUT2D eigenvalue weighted by molar-refractivity contribution is -0.131. The van der Waals surface area contributed by atoms with Crippen LogP contribution in [0.3, 0.4) is 0 Å². The summed E-state index contributed by atoms with van der Waals surface area (Å²) in [5, 5.41) is 11.3. The minimum Gasteiger partial charge on any atom is -0.478 e. The van der Waals surface area contributed by atoms with Gasteiger partial charge in [0.1, 0.15) is 5.82 Å². The fourth-order valence-corrected chi connectivity index (χ4v) is 3.35. The molecule has 1 fully saturated rings. The molecule has 1 saturated heterocycles. The number of rotatable bonds is 5. The molecular formula is C15H16FNO3S. The third kappa shape index (κ3) is 4.60. The summed E-state index contributed by atoms with van der Waals surface area (Å²) in [6.07, 6.45) is 3.28. The first-order valence-corrected chi connectivity index (χ1v) is 7.78. The van der Waals surface area contributed by atoms with Gasteiger partial charge in [0.2, 0.25) is 0 Å². The summed E-state index contributed by atoms with van der Waals surface area (Å²) < 4.78 is 13.9. The summed E-state index contributed by atoms with van der Waals surface area (Å²) >= 11 is 1.86. The Bertz CT molecular complexity index is 568. The molecule has 0 aromatic heterocycles. The number of carboxylic acid groups (broad SMARTS) is 1. The van der Waals surface area contributed by atoms with Crippen LogP contribution in [0.25, 0.3) is 6.08 Å². The molecule has 0 saturated carbocycles. The van der Waals surface area contributed by atoms with E-state index in [0.29, 0.717) is 18.0 Å². The molecule has 6 heteroatoms. The number of amides is 1. The zero-order valence-corrected chi connectivity index (χ0v) is 12.2. The van der Waals surface area contributed by atoms with Gasteiger partial charge in [-0.2, -0.15) is 11.8 Å². The van der Waals surface area contributed by atoms with E-state index >= 15 is 0 Å². The predicted molar refractivity (Wildman–Crippen MR) is 80.8 cm³/mol. The molecule has 2 N–H and O–H groups in total. The first-order chi connectivity index (χ1) is 10.1. The standard InChI is InChI=1S/C15H16FNO3S/c16-13-7-10(2-4-14(18)19)1-3-12(13)15(20)17-8-11-5-6-21-9-11/h1-4,7,11H,5-6,8-9H2,(H,17,20)(H,18,19)/b4-2+. The lowest BCUT2D eigenvalue weighted by Crippen LogP contribution is -2.29. The number of halogens is 1. The zero-order chi connectivity index (χ0) is 15.2. The number of carbonyl (C=O) groups excluding carboxylic acids is 1. The first-order valence-electron chi connectivity index (χ1n) is 6.63. The predicted octanol–water partition coefficient (Wildman–Crippen LogP) is 2.41. The Balaban J connectivity index is 1.98. The summed E-state index contributed by atoms with van der Waals surface area (Å²) in [5.41, 5.74) is 0.381. The molecule has 2 rings (SSSR count). The van der Waals surface area contributed by atoms with Crippen molar-refractivity contribution in [1.82, 2.24) is 5.32 Å². The maximum Gasteiger partial charge on any atom is 0.328 e. The Morgan fingerprint density at radius 3 is 2.90 bits per heavy atom. The van der Waals surface area contributed by atoms with Crippen LogP contribution in [-0.4, -0.2) is 35.0 Å². The summed E-state index contributed by atoms with van der Waals surface area (Å²) in [6.45, 7) is 0.561. The highest BCUT2D eigenvalue weighted by atomic mass is 32.2. The van der Waals surface area contributed by atoms with Crippen molar-refractivity contribution in [3.63, 3.8) is 0 Å². The van der Waals surface area contributed by atoms with E-state index in [1.54, 1.807) is 0 Å². The van der Waals surface area contributed by atoms with Gasteiger partial charge in [-0.15, -0.1) is 0 Å². The van der Waals surface area contributed by atoms with Gasteiger partial charge in [-0.1, -0.05) is 6.07 Å². The van der Waals surface area contributed by atoms with Crippen LogP contribution >= 0.6 is 11.8 Å². The van der Waals surface area contributed by atoms with Crippen LogP contribution in [0.4, 0.5) is 4.39 Å². The van der Waals surface area contributed by atoms with Gasteiger partial charge in [0.25, 0.3) is 5.91 Å². The molecule has 0 spiro atoms. The molecule has 1 aliphatic rings. The van der Waals surface area contributed by atoms with Crippen LogP contribution < -0.4 is 5.32 Å². The van der Waals surface area contributed by atoms with Gasteiger partial charge in [0.15, 0.2) is 0 Å². The summed E-state index contributed by atoms with van der Waals surface area (Å²) in [4.78, 5) is 22.3. The van der Waals surface area contributed by atoms with Crippen molar-refractivity contribution in [3.05, 3.63) is 41.2 Å². The van der Waals surface area contributed by atoms with Crippen LogP contribution in [-0.2, 0) is 4.79 Å². The number of aliphatic carboxylic acids is 1. The number of benzene rings is 1. The maximum absolute atomic E-state index is 13.9. The molecule has 1 heterocycles. The van der Waals surface area contributed by atoms with Gasteiger partial charge in [-0.3, -0.25) is 4.79 Å². The third-order valence-electron chi connectivity index (χ3n) is 3.23. The van der Waals surface area contributed by atoms with Crippen molar-refractivity contribution in [1.29, 1.82) is 0 Å². The highest BCUT2D eigenvalue weighted by Crippen LogP contribution is 2.22. The SMILES string of the molecule is O=C(O)/C=C/c1ccc(C(=O)NCC2CCSC2)c(F)c1. The molecule has 4 nitrogen and oxygen atoms in total. The van der Waals surface area contributed by atoms with Crippen LogP contribution in [0.5, 0.6) is 0 Å². The number of hydrogen-bond donors (Lipinski definition) is 2. The van der Waals surface area contributed by atoms with E-state index in [4.69, 9.17) is 5.11 Å². The monoisotopic (exact) mass is 309 g/mol. The average molecular weight is 309 g/mol. The molecule has 1 atom stereocenters. The maximum atomic E-state index is 13.9. The first kappa shape index (κ1) is 15.6. The Hall–Kier alpha value is -1.82.